The molecule has 0 saturated heterocycles. The molecule has 102 valence electrons. The summed E-state index contributed by atoms with van der Waals surface area (Å²) in [6.07, 6.45) is -0.683. The monoisotopic (exact) mass is 264 g/mol. The summed E-state index contributed by atoms with van der Waals surface area (Å²) >= 11 is 0. The molecule has 1 aromatic heterocycles. The quantitative estimate of drug-likeness (QED) is 0.844. The van der Waals surface area contributed by atoms with Crippen molar-refractivity contribution in [1.29, 1.82) is 0 Å². The van der Waals surface area contributed by atoms with Crippen molar-refractivity contribution in [3.8, 4) is 0 Å². The van der Waals surface area contributed by atoms with Crippen molar-refractivity contribution in [1.82, 2.24) is 14.8 Å². The molecule has 1 fully saturated rings. The number of rotatable bonds is 2. The molecule has 0 atom stereocenters. The van der Waals surface area contributed by atoms with Gasteiger partial charge in [0.1, 0.15) is 6.54 Å². The molecule has 8 heteroatoms. The Labute approximate surface area is 101 Å². The maximum atomic E-state index is 12.4. The van der Waals surface area contributed by atoms with Crippen LogP contribution in [0.5, 0.6) is 0 Å². The molecule has 0 unspecified atom stereocenters. The van der Waals surface area contributed by atoms with Gasteiger partial charge in [-0.05, 0) is 12.8 Å². The third-order valence-electron chi connectivity index (χ3n) is 3.29. The van der Waals surface area contributed by atoms with E-state index >= 15 is 0 Å². The summed E-state index contributed by atoms with van der Waals surface area (Å²) in [7, 11) is 0. The van der Waals surface area contributed by atoms with Crippen molar-refractivity contribution >= 4 is 0 Å². The molecule has 0 aliphatic heterocycles. The average molecular weight is 264 g/mol. The van der Waals surface area contributed by atoms with Gasteiger partial charge >= 0.3 is 11.9 Å². The molecule has 0 amide bonds. The van der Waals surface area contributed by atoms with Gasteiger partial charge in [-0.25, -0.2) is 9.89 Å². The average Bonchev–Trinajstić information content (AvgIpc) is 2.60. The molecular formula is C10H15F3N4O. The third-order valence-corrected chi connectivity index (χ3v) is 3.29. The predicted molar refractivity (Wildman–Crippen MR) is 57.9 cm³/mol. The first kappa shape index (κ1) is 13.1. The van der Waals surface area contributed by atoms with Crippen molar-refractivity contribution in [2.75, 3.05) is 0 Å². The highest BCUT2D eigenvalue weighted by atomic mass is 19.4. The van der Waals surface area contributed by atoms with Gasteiger partial charge in [0.2, 0.25) is 0 Å². The second kappa shape index (κ2) is 4.42. The van der Waals surface area contributed by atoms with Crippen molar-refractivity contribution in [3.05, 3.63) is 16.3 Å². The minimum atomic E-state index is -4.46. The topological polar surface area (TPSA) is 76.7 Å². The van der Waals surface area contributed by atoms with Crippen molar-refractivity contribution in [2.24, 2.45) is 5.73 Å². The standard InChI is InChI=1S/C10H15F3N4O/c11-10(12,13)6-17-7(15-16-8(17)18)9(14)4-2-1-3-5-9/h1-6,14H2,(H,16,18). The molecule has 0 spiro atoms. The van der Waals surface area contributed by atoms with Gasteiger partial charge in [0.25, 0.3) is 0 Å². The lowest BCUT2D eigenvalue weighted by Crippen LogP contribution is -2.43. The Morgan fingerprint density at radius 3 is 2.50 bits per heavy atom. The van der Waals surface area contributed by atoms with Crippen molar-refractivity contribution in [2.45, 2.75) is 50.4 Å². The van der Waals surface area contributed by atoms with Crippen LogP contribution in [0, 0.1) is 0 Å². The number of halogens is 3. The molecule has 1 aromatic rings. The van der Waals surface area contributed by atoms with Gasteiger partial charge < -0.3 is 5.73 Å². The second-order valence-corrected chi connectivity index (χ2v) is 4.77. The van der Waals surface area contributed by atoms with Gasteiger partial charge in [-0.3, -0.25) is 4.57 Å². The number of nitrogens with two attached hydrogens (primary N) is 1. The minimum Gasteiger partial charge on any atom is -0.319 e. The van der Waals surface area contributed by atoms with Crippen LogP contribution in [-0.4, -0.2) is 20.9 Å². The Kier molecular flexibility index (Phi) is 3.22. The Morgan fingerprint density at radius 1 is 1.33 bits per heavy atom. The first-order chi connectivity index (χ1) is 8.32. The summed E-state index contributed by atoms with van der Waals surface area (Å²) in [5.74, 6) is 0.0181. The molecular weight excluding hydrogens is 249 g/mol. The number of H-pyrrole nitrogens is 1. The Balaban J connectivity index is 2.36. The fourth-order valence-electron chi connectivity index (χ4n) is 2.43. The zero-order chi connectivity index (χ0) is 13.4. The summed E-state index contributed by atoms with van der Waals surface area (Å²) in [5.41, 5.74) is 4.31. The number of hydrogen-bond acceptors (Lipinski definition) is 3. The molecule has 1 aliphatic carbocycles. The summed E-state index contributed by atoms with van der Waals surface area (Å²) in [4.78, 5) is 11.4. The van der Waals surface area contributed by atoms with Crippen LogP contribution in [0.15, 0.2) is 4.79 Å². The van der Waals surface area contributed by atoms with E-state index in [1.165, 1.54) is 0 Å². The van der Waals surface area contributed by atoms with Crippen LogP contribution in [0.25, 0.3) is 0 Å². The molecule has 0 radical (unpaired) electrons. The predicted octanol–water partition coefficient (Wildman–Crippen LogP) is 1.25. The first-order valence-electron chi connectivity index (χ1n) is 5.83. The van der Waals surface area contributed by atoms with Crippen molar-refractivity contribution in [3.63, 3.8) is 0 Å². The van der Waals surface area contributed by atoms with Crippen LogP contribution in [-0.2, 0) is 12.1 Å². The number of nitrogens with zero attached hydrogens (tertiary/aromatic N) is 2. The van der Waals surface area contributed by atoms with Gasteiger partial charge in [-0.1, -0.05) is 19.3 Å². The maximum Gasteiger partial charge on any atom is 0.406 e. The molecule has 3 N–H and O–H groups in total. The zero-order valence-corrected chi connectivity index (χ0v) is 9.76. The first-order valence-corrected chi connectivity index (χ1v) is 5.83. The largest absolute Gasteiger partial charge is 0.406 e. The number of alkyl halides is 3. The van der Waals surface area contributed by atoms with Gasteiger partial charge in [0.15, 0.2) is 5.82 Å². The summed E-state index contributed by atoms with van der Waals surface area (Å²) in [5, 5.41) is 5.76. The third kappa shape index (κ3) is 2.58. The van der Waals surface area contributed by atoms with Crippen LogP contribution < -0.4 is 11.4 Å². The lowest BCUT2D eigenvalue weighted by molar-refractivity contribution is -0.142. The molecule has 0 aromatic carbocycles. The van der Waals surface area contributed by atoms with E-state index in [0.29, 0.717) is 17.4 Å². The molecule has 18 heavy (non-hydrogen) atoms. The highest BCUT2D eigenvalue weighted by Crippen LogP contribution is 2.33. The van der Waals surface area contributed by atoms with E-state index in [2.05, 4.69) is 10.2 Å². The van der Waals surface area contributed by atoms with E-state index in [9.17, 15) is 18.0 Å². The Bertz CT molecular complexity index is 470. The van der Waals surface area contributed by atoms with E-state index in [0.717, 1.165) is 19.3 Å². The Morgan fingerprint density at radius 2 is 1.94 bits per heavy atom. The number of aromatic nitrogens is 3. The van der Waals surface area contributed by atoms with Crippen LogP contribution in [0.3, 0.4) is 0 Å². The maximum absolute atomic E-state index is 12.4. The smallest absolute Gasteiger partial charge is 0.319 e. The number of nitrogens with one attached hydrogen (secondary N) is 1. The number of hydrogen-bond donors (Lipinski definition) is 2. The van der Waals surface area contributed by atoms with E-state index in [1.54, 1.807) is 0 Å². The van der Waals surface area contributed by atoms with Crippen LogP contribution in [0.1, 0.15) is 37.9 Å². The molecule has 1 saturated carbocycles. The normalized spacial score (nSPS) is 20.0. The van der Waals surface area contributed by atoms with Crippen LogP contribution in [0.2, 0.25) is 0 Å². The van der Waals surface area contributed by atoms with Crippen LogP contribution >= 0.6 is 0 Å². The zero-order valence-electron chi connectivity index (χ0n) is 9.76. The lowest BCUT2D eigenvalue weighted by Gasteiger charge is -2.32. The summed E-state index contributed by atoms with van der Waals surface area (Å²) < 4.78 is 37.9. The molecule has 5 nitrogen and oxygen atoms in total. The van der Waals surface area contributed by atoms with E-state index < -0.39 is 23.9 Å². The molecule has 1 heterocycles. The molecule has 2 rings (SSSR count). The molecule has 0 bridgehead atoms. The van der Waals surface area contributed by atoms with Gasteiger partial charge in [-0.2, -0.15) is 18.3 Å². The Hall–Kier alpha value is -1.31. The fourth-order valence-corrected chi connectivity index (χ4v) is 2.43. The summed E-state index contributed by atoms with van der Waals surface area (Å²) in [6.45, 7) is -1.35. The summed E-state index contributed by atoms with van der Waals surface area (Å²) in [6, 6.07) is 0. The SMILES string of the molecule is NC1(c2n[nH]c(=O)n2CC(F)(F)F)CCCCC1. The van der Waals surface area contributed by atoms with Crippen LogP contribution in [0.4, 0.5) is 13.2 Å². The highest BCUT2D eigenvalue weighted by molar-refractivity contribution is 5.06. The van der Waals surface area contributed by atoms with Gasteiger partial charge in [0, 0.05) is 0 Å². The number of aromatic amines is 1. The van der Waals surface area contributed by atoms with Crippen molar-refractivity contribution < 1.29 is 13.2 Å². The van der Waals surface area contributed by atoms with E-state index in [1.807, 2.05) is 0 Å². The van der Waals surface area contributed by atoms with E-state index in [4.69, 9.17) is 5.73 Å². The van der Waals surface area contributed by atoms with Gasteiger partial charge in [-0.15, -0.1) is 0 Å². The lowest BCUT2D eigenvalue weighted by atomic mass is 9.82. The van der Waals surface area contributed by atoms with E-state index in [-0.39, 0.29) is 5.82 Å². The fraction of sp³-hybridized carbons (Fsp3) is 0.800. The minimum absolute atomic E-state index is 0.0181. The highest BCUT2D eigenvalue weighted by Gasteiger charge is 2.38. The molecule has 1 aliphatic rings. The van der Waals surface area contributed by atoms with Gasteiger partial charge in [0.05, 0.1) is 5.54 Å². The second-order valence-electron chi connectivity index (χ2n) is 4.77.